The Balaban J connectivity index is 2.14. The van der Waals surface area contributed by atoms with Crippen molar-refractivity contribution in [3.8, 4) is 11.1 Å². The van der Waals surface area contributed by atoms with Gasteiger partial charge < -0.3 is 0 Å². The Morgan fingerprint density at radius 3 is 1.33 bits per heavy atom. The van der Waals surface area contributed by atoms with Gasteiger partial charge in [-0.15, -0.1) is 0 Å². The molecule has 0 unspecified atom stereocenters. The van der Waals surface area contributed by atoms with Crippen LogP contribution in [0.25, 0.3) is 11.1 Å². The van der Waals surface area contributed by atoms with Crippen LogP contribution in [0.2, 0.25) is 0 Å². The summed E-state index contributed by atoms with van der Waals surface area (Å²) in [4.78, 5) is 0. The highest BCUT2D eigenvalue weighted by molar-refractivity contribution is 5.78. The SMILES string of the molecule is CC(C)c1c(-c2cc[c]cc2)c(C(C)C)c(C2CCCCC2)c(C(C)C)c1C1CCCCC1. The van der Waals surface area contributed by atoms with Crippen LogP contribution in [0.4, 0.5) is 0 Å². The maximum Gasteiger partial charge on any atom is -0.0109 e. The van der Waals surface area contributed by atoms with E-state index in [1.54, 1.807) is 33.4 Å². The molecule has 4 rings (SSSR count). The molecular weight excluding hydrogens is 396 g/mol. The zero-order chi connectivity index (χ0) is 23.5. The van der Waals surface area contributed by atoms with Gasteiger partial charge in [-0.25, -0.2) is 0 Å². The third-order valence-corrected chi connectivity index (χ3v) is 8.47. The van der Waals surface area contributed by atoms with E-state index >= 15 is 0 Å². The second-order valence-electron chi connectivity index (χ2n) is 11.9. The summed E-state index contributed by atoms with van der Waals surface area (Å²) in [6, 6.07) is 12.2. The molecule has 2 saturated carbocycles. The Hall–Kier alpha value is -1.56. The highest BCUT2D eigenvalue weighted by Crippen LogP contribution is 2.52. The van der Waals surface area contributed by atoms with Gasteiger partial charge in [0.2, 0.25) is 0 Å². The number of hydrogen-bond donors (Lipinski definition) is 0. The standard InChI is InChI=1S/C33H47/c1-22(2)28-31(25-16-10-7-11-17-25)29(23(3)4)33(27-20-14-9-15-21-27)30(24(5)6)32(28)26-18-12-8-13-19-26/h14-15,20-26H,7-8,10-13,16-19H2,1-6H3. The smallest absolute Gasteiger partial charge is 0.0109 e. The lowest BCUT2D eigenvalue weighted by atomic mass is 9.66. The van der Waals surface area contributed by atoms with Gasteiger partial charge in [0, 0.05) is 0 Å². The minimum absolute atomic E-state index is 0.538. The van der Waals surface area contributed by atoms with E-state index in [4.69, 9.17) is 0 Å². The predicted octanol–water partition coefficient (Wildman–Crippen LogP) is 10.6. The fourth-order valence-electron chi connectivity index (χ4n) is 7.20. The number of benzene rings is 2. The summed E-state index contributed by atoms with van der Waals surface area (Å²) >= 11 is 0. The second-order valence-corrected chi connectivity index (χ2v) is 11.9. The van der Waals surface area contributed by atoms with Gasteiger partial charge in [0.05, 0.1) is 0 Å². The van der Waals surface area contributed by atoms with E-state index in [2.05, 4.69) is 71.9 Å². The topological polar surface area (TPSA) is 0 Å². The average molecular weight is 444 g/mol. The molecule has 2 aliphatic carbocycles. The molecule has 0 aliphatic heterocycles. The van der Waals surface area contributed by atoms with Crippen molar-refractivity contribution < 1.29 is 0 Å². The Labute approximate surface area is 204 Å². The molecule has 2 aromatic rings. The van der Waals surface area contributed by atoms with Crippen molar-refractivity contribution >= 4 is 0 Å². The average Bonchev–Trinajstić information content (AvgIpc) is 2.83. The van der Waals surface area contributed by atoms with Crippen LogP contribution in [0.1, 0.15) is 163 Å². The predicted molar refractivity (Wildman–Crippen MR) is 145 cm³/mol. The maximum atomic E-state index is 3.29. The fraction of sp³-hybridized carbons (Fsp3) is 0.636. The highest BCUT2D eigenvalue weighted by Gasteiger charge is 2.34. The zero-order valence-electron chi connectivity index (χ0n) is 22.3. The number of hydrogen-bond acceptors (Lipinski definition) is 0. The Kier molecular flexibility index (Phi) is 8.03. The fourth-order valence-corrected chi connectivity index (χ4v) is 7.20. The molecule has 0 N–H and O–H groups in total. The Morgan fingerprint density at radius 2 is 0.970 bits per heavy atom. The summed E-state index contributed by atoms with van der Waals surface area (Å²) in [6.45, 7) is 14.8. The van der Waals surface area contributed by atoms with E-state index in [1.807, 2.05) is 0 Å². The Morgan fingerprint density at radius 1 is 0.576 bits per heavy atom. The second kappa shape index (κ2) is 10.8. The minimum atomic E-state index is 0.538. The third-order valence-electron chi connectivity index (χ3n) is 8.47. The van der Waals surface area contributed by atoms with Gasteiger partial charge in [0.25, 0.3) is 0 Å². The molecule has 2 aromatic carbocycles. The van der Waals surface area contributed by atoms with Gasteiger partial charge in [-0.1, -0.05) is 104 Å². The van der Waals surface area contributed by atoms with Crippen molar-refractivity contribution in [2.75, 3.05) is 0 Å². The largest absolute Gasteiger partial charge is 0.0587 e. The third kappa shape index (κ3) is 4.96. The van der Waals surface area contributed by atoms with Crippen LogP contribution in [0.5, 0.6) is 0 Å². The molecule has 0 heteroatoms. The molecule has 0 aromatic heterocycles. The first-order chi connectivity index (χ1) is 15.9. The molecule has 0 spiro atoms. The van der Waals surface area contributed by atoms with Crippen LogP contribution in [0.3, 0.4) is 0 Å². The maximum absolute atomic E-state index is 3.29. The molecule has 0 bridgehead atoms. The van der Waals surface area contributed by atoms with Crippen molar-refractivity contribution in [3.63, 3.8) is 0 Å². The molecule has 0 saturated heterocycles. The van der Waals surface area contributed by atoms with Crippen LogP contribution in [-0.4, -0.2) is 0 Å². The first-order valence-electron chi connectivity index (χ1n) is 14.1. The van der Waals surface area contributed by atoms with E-state index < -0.39 is 0 Å². The summed E-state index contributed by atoms with van der Waals surface area (Å²) in [5.74, 6) is 3.15. The van der Waals surface area contributed by atoms with Gasteiger partial charge in [0.15, 0.2) is 0 Å². The molecule has 0 nitrogen and oxygen atoms in total. The monoisotopic (exact) mass is 443 g/mol. The first-order valence-corrected chi connectivity index (χ1v) is 14.1. The van der Waals surface area contributed by atoms with Gasteiger partial charge in [-0.05, 0) is 100 Å². The van der Waals surface area contributed by atoms with Crippen molar-refractivity contribution in [1.82, 2.24) is 0 Å². The van der Waals surface area contributed by atoms with Crippen molar-refractivity contribution in [1.29, 1.82) is 0 Å². The summed E-state index contributed by atoms with van der Waals surface area (Å²) in [5, 5.41) is 0. The summed E-state index contributed by atoms with van der Waals surface area (Å²) in [7, 11) is 0. The molecule has 179 valence electrons. The normalized spacial score (nSPS) is 18.6. The molecule has 0 amide bonds. The Bertz CT molecular complexity index is 852. The molecule has 33 heavy (non-hydrogen) atoms. The lowest BCUT2D eigenvalue weighted by Crippen LogP contribution is -2.21. The van der Waals surface area contributed by atoms with E-state index in [1.165, 1.54) is 69.8 Å². The van der Waals surface area contributed by atoms with Gasteiger partial charge >= 0.3 is 0 Å². The lowest BCUT2D eigenvalue weighted by molar-refractivity contribution is 0.425. The van der Waals surface area contributed by atoms with Crippen LogP contribution >= 0.6 is 0 Å². The van der Waals surface area contributed by atoms with Crippen LogP contribution in [-0.2, 0) is 0 Å². The van der Waals surface area contributed by atoms with Gasteiger partial charge in [-0.2, -0.15) is 0 Å². The van der Waals surface area contributed by atoms with E-state index in [0.29, 0.717) is 17.8 Å². The van der Waals surface area contributed by atoms with Gasteiger partial charge in [-0.3, -0.25) is 0 Å². The molecular formula is C33H47. The zero-order valence-corrected chi connectivity index (χ0v) is 22.3. The van der Waals surface area contributed by atoms with Crippen LogP contribution in [0.15, 0.2) is 24.3 Å². The molecule has 0 heterocycles. The first kappa shape index (κ1) is 24.6. The number of rotatable bonds is 6. The van der Waals surface area contributed by atoms with E-state index in [-0.39, 0.29) is 0 Å². The van der Waals surface area contributed by atoms with Crippen molar-refractivity contribution in [2.24, 2.45) is 0 Å². The summed E-state index contributed by atoms with van der Waals surface area (Å²) in [6.07, 6.45) is 14.0. The quantitative estimate of drug-likeness (QED) is 0.416. The highest BCUT2D eigenvalue weighted by atomic mass is 14.4. The summed E-state index contributed by atoms with van der Waals surface area (Å²) in [5.41, 5.74) is 11.7. The molecule has 1 radical (unpaired) electrons. The van der Waals surface area contributed by atoms with Crippen LogP contribution < -0.4 is 0 Å². The molecule has 2 aliphatic rings. The van der Waals surface area contributed by atoms with Crippen LogP contribution in [0, 0.1) is 6.07 Å². The minimum Gasteiger partial charge on any atom is -0.0587 e. The molecule has 2 fully saturated rings. The van der Waals surface area contributed by atoms with E-state index in [9.17, 15) is 0 Å². The molecule has 0 atom stereocenters. The summed E-state index contributed by atoms with van der Waals surface area (Å²) < 4.78 is 0. The van der Waals surface area contributed by atoms with Crippen molar-refractivity contribution in [3.05, 3.63) is 58.1 Å². The lowest BCUT2D eigenvalue weighted by Gasteiger charge is -2.39. The van der Waals surface area contributed by atoms with Crippen molar-refractivity contribution in [2.45, 2.75) is 135 Å². The van der Waals surface area contributed by atoms with E-state index in [0.717, 1.165) is 11.8 Å². The van der Waals surface area contributed by atoms with Gasteiger partial charge in [0.1, 0.15) is 0 Å².